The summed E-state index contributed by atoms with van der Waals surface area (Å²) in [6, 6.07) is 11.4. The summed E-state index contributed by atoms with van der Waals surface area (Å²) in [4.78, 5) is 18.7. The molecule has 0 saturated heterocycles. The van der Waals surface area contributed by atoms with Crippen LogP contribution < -0.4 is 5.63 Å². The van der Waals surface area contributed by atoms with Crippen LogP contribution in [0.1, 0.15) is 9.75 Å². The molecule has 3 aromatic rings. The van der Waals surface area contributed by atoms with Crippen molar-refractivity contribution >= 4 is 34.0 Å². The first-order chi connectivity index (χ1) is 9.22. The van der Waals surface area contributed by atoms with Gasteiger partial charge in [-0.25, -0.2) is 9.78 Å². The molecule has 2 aromatic heterocycles. The Morgan fingerprint density at radius 1 is 1.26 bits per heavy atom. The van der Waals surface area contributed by atoms with Gasteiger partial charge in [0.2, 0.25) is 0 Å². The average molecular weight is 289 g/mol. The molecular weight excluding hydrogens is 278 g/mol. The maximum atomic E-state index is 11.8. The van der Waals surface area contributed by atoms with Gasteiger partial charge in [0.1, 0.15) is 0 Å². The van der Waals surface area contributed by atoms with Crippen LogP contribution >= 0.6 is 23.1 Å². The van der Waals surface area contributed by atoms with Gasteiger partial charge in [-0.15, -0.1) is 11.3 Å². The van der Waals surface area contributed by atoms with Gasteiger partial charge in [0.15, 0.2) is 0 Å². The van der Waals surface area contributed by atoms with Gasteiger partial charge in [-0.3, -0.25) is 0 Å². The zero-order valence-electron chi connectivity index (χ0n) is 10.3. The summed E-state index contributed by atoms with van der Waals surface area (Å²) < 4.78 is 5.22. The Morgan fingerprint density at radius 3 is 2.89 bits per heavy atom. The predicted octanol–water partition coefficient (Wildman–Crippen LogP) is 3.85. The molecule has 3 nitrogen and oxygen atoms in total. The third kappa shape index (κ3) is 2.72. The molecule has 0 amide bonds. The molecule has 0 bridgehead atoms. The van der Waals surface area contributed by atoms with E-state index in [9.17, 15) is 4.79 Å². The number of nitrogens with zero attached hydrogens (tertiary/aromatic N) is 1. The Kier molecular flexibility index (Phi) is 3.40. The second-order valence-electron chi connectivity index (χ2n) is 4.09. The fourth-order valence-electron chi connectivity index (χ4n) is 1.76. The molecular formula is C14H11NO2S2. The summed E-state index contributed by atoms with van der Waals surface area (Å²) >= 11 is 3.19. The summed E-state index contributed by atoms with van der Waals surface area (Å²) in [6.45, 7) is 2.08. The minimum absolute atomic E-state index is 0.324. The van der Waals surface area contributed by atoms with Crippen LogP contribution in [0.15, 0.2) is 50.8 Å². The molecule has 3 rings (SSSR count). The topological polar surface area (TPSA) is 43.1 Å². The van der Waals surface area contributed by atoms with Gasteiger partial charge < -0.3 is 4.42 Å². The largest absolute Gasteiger partial charge is 0.397 e. The zero-order valence-corrected chi connectivity index (χ0v) is 11.9. The van der Waals surface area contributed by atoms with Crippen LogP contribution in [-0.2, 0) is 5.75 Å². The predicted molar refractivity (Wildman–Crippen MR) is 78.9 cm³/mol. The van der Waals surface area contributed by atoms with Gasteiger partial charge in [0.05, 0.1) is 10.9 Å². The molecule has 96 valence electrons. The minimum Gasteiger partial charge on any atom is -0.397 e. The summed E-state index contributed by atoms with van der Waals surface area (Å²) in [5.41, 5.74) is 0.360. The van der Waals surface area contributed by atoms with Gasteiger partial charge in [0, 0.05) is 15.5 Å². The Morgan fingerprint density at radius 2 is 2.11 bits per heavy atom. The number of hydrogen-bond acceptors (Lipinski definition) is 5. The molecule has 0 aliphatic carbocycles. The summed E-state index contributed by atoms with van der Waals surface area (Å²) in [6.07, 6.45) is 0. The summed E-state index contributed by atoms with van der Waals surface area (Å²) in [5, 5.41) is 0.952. The second-order valence-corrected chi connectivity index (χ2v) is 6.38. The monoisotopic (exact) mass is 289 g/mol. The highest BCUT2D eigenvalue weighted by atomic mass is 32.2. The van der Waals surface area contributed by atoms with Crippen LogP contribution in [0.4, 0.5) is 0 Å². The van der Waals surface area contributed by atoms with E-state index in [-0.39, 0.29) is 5.63 Å². The number of thioether (sulfide) groups is 1. The Bertz CT molecular complexity index is 776. The van der Waals surface area contributed by atoms with Crippen LogP contribution in [0.25, 0.3) is 10.9 Å². The second kappa shape index (κ2) is 5.19. The van der Waals surface area contributed by atoms with Crippen LogP contribution in [-0.4, -0.2) is 4.98 Å². The molecule has 0 radical (unpaired) electrons. The maximum Gasteiger partial charge on any atom is 0.347 e. The van der Waals surface area contributed by atoms with E-state index in [0.29, 0.717) is 16.1 Å². The lowest BCUT2D eigenvalue weighted by Gasteiger charge is -1.99. The average Bonchev–Trinajstić information content (AvgIpc) is 2.82. The SMILES string of the molecule is Cc1ccc(CSc2nc3ccccc3c(=O)o2)s1. The number of thiophene rings is 1. The Balaban J connectivity index is 1.87. The van der Waals surface area contributed by atoms with Crippen molar-refractivity contribution in [2.45, 2.75) is 17.9 Å². The number of aromatic nitrogens is 1. The molecule has 0 aliphatic heterocycles. The molecule has 1 aromatic carbocycles. The fourth-order valence-corrected chi connectivity index (χ4v) is 3.51. The Hall–Kier alpha value is -1.59. The van der Waals surface area contributed by atoms with E-state index in [1.165, 1.54) is 21.5 Å². The van der Waals surface area contributed by atoms with E-state index >= 15 is 0 Å². The molecule has 0 saturated carbocycles. The lowest BCUT2D eigenvalue weighted by Crippen LogP contribution is -2.01. The molecule has 2 heterocycles. The number of rotatable bonds is 3. The molecule has 0 spiro atoms. The van der Waals surface area contributed by atoms with E-state index in [1.54, 1.807) is 17.4 Å². The van der Waals surface area contributed by atoms with Crippen molar-refractivity contribution in [1.82, 2.24) is 4.98 Å². The molecule has 5 heteroatoms. The van der Waals surface area contributed by atoms with Gasteiger partial charge in [-0.1, -0.05) is 23.9 Å². The van der Waals surface area contributed by atoms with E-state index in [4.69, 9.17) is 4.42 Å². The van der Waals surface area contributed by atoms with Gasteiger partial charge in [-0.2, -0.15) is 0 Å². The first kappa shape index (κ1) is 12.4. The summed E-state index contributed by atoms with van der Waals surface area (Å²) in [7, 11) is 0. The van der Waals surface area contributed by atoms with E-state index < -0.39 is 0 Å². The van der Waals surface area contributed by atoms with Crippen molar-refractivity contribution in [3.8, 4) is 0 Å². The van der Waals surface area contributed by atoms with Crippen molar-refractivity contribution in [3.05, 3.63) is 56.6 Å². The first-order valence-corrected chi connectivity index (χ1v) is 7.60. The first-order valence-electron chi connectivity index (χ1n) is 5.80. The van der Waals surface area contributed by atoms with Crippen LogP contribution in [0.2, 0.25) is 0 Å². The van der Waals surface area contributed by atoms with Gasteiger partial charge >= 0.3 is 5.63 Å². The van der Waals surface area contributed by atoms with Crippen molar-refractivity contribution in [2.75, 3.05) is 0 Å². The number of hydrogen-bond donors (Lipinski definition) is 0. The maximum absolute atomic E-state index is 11.8. The van der Waals surface area contributed by atoms with Crippen molar-refractivity contribution in [1.29, 1.82) is 0 Å². The lowest BCUT2D eigenvalue weighted by molar-refractivity contribution is 0.401. The smallest absolute Gasteiger partial charge is 0.347 e. The van der Waals surface area contributed by atoms with Gasteiger partial charge in [-0.05, 0) is 31.2 Å². The van der Waals surface area contributed by atoms with Crippen molar-refractivity contribution < 1.29 is 4.42 Å². The van der Waals surface area contributed by atoms with E-state index in [2.05, 4.69) is 24.0 Å². The number of aryl methyl sites for hydroxylation is 1. The molecule has 0 aliphatic rings. The van der Waals surface area contributed by atoms with Gasteiger partial charge in [0.25, 0.3) is 5.22 Å². The highest BCUT2D eigenvalue weighted by Gasteiger charge is 2.07. The van der Waals surface area contributed by atoms with E-state index in [0.717, 1.165) is 5.75 Å². The number of benzene rings is 1. The van der Waals surface area contributed by atoms with Crippen LogP contribution in [0.5, 0.6) is 0 Å². The molecule has 0 atom stereocenters. The molecule has 0 N–H and O–H groups in total. The zero-order chi connectivity index (χ0) is 13.2. The Labute approximate surface area is 118 Å². The molecule has 0 unspecified atom stereocenters. The number of fused-ring (bicyclic) bond motifs is 1. The lowest BCUT2D eigenvalue weighted by atomic mass is 10.2. The van der Waals surface area contributed by atoms with Crippen molar-refractivity contribution in [3.63, 3.8) is 0 Å². The highest BCUT2D eigenvalue weighted by Crippen LogP contribution is 2.25. The van der Waals surface area contributed by atoms with Crippen LogP contribution in [0.3, 0.4) is 0 Å². The quantitative estimate of drug-likeness (QED) is 0.687. The fraction of sp³-hybridized carbons (Fsp3) is 0.143. The summed E-state index contributed by atoms with van der Waals surface area (Å²) in [5.74, 6) is 0.771. The normalized spacial score (nSPS) is 11.0. The third-order valence-electron chi connectivity index (χ3n) is 2.65. The highest BCUT2D eigenvalue weighted by molar-refractivity contribution is 7.98. The number of para-hydroxylation sites is 1. The minimum atomic E-state index is -0.324. The molecule has 19 heavy (non-hydrogen) atoms. The third-order valence-corrected chi connectivity index (χ3v) is 4.71. The molecule has 0 fully saturated rings. The van der Waals surface area contributed by atoms with Crippen LogP contribution in [0, 0.1) is 6.92 Å². The van der Waals surface area contributed by atoms with E-state index in [1.807, 2.05) is 18.2 Å². The standard InChI is InChI=1S/C14H11NO2S2/c1-9-6-7-10(19-9)8-18-14-15-12-5-3-2-4-11(12)13(16)17-14/h2-7H,8H2,1H3. The van der Waals surface area contributed by atoms with Crippen molar-refractivity contribution in [2.24, 2.45) is 0 Å².